The lowest BCUT2D eigenvalue weighted by atomic mass is 9.91. The molecule has 0 aromatic heterocycles. The van der Waals surface area contributed by atoms with Crippen molar-refractivity contribution in [1.29, 1.82) is 0 Å². The number of hydrogen-bond acceptors (Lipinski definition) is 3. The maximum Gasteiger partial charge on any atom is 0.192 e. The van der Waals surface area contributed by atoms with E-state index in [0.29, 0.717) is 17.9 Å². The minimum absolute atomic E-state index is 0.0279. The lowest BCUT2D eigenvalue weighted by Gasteiger charge is -2.34. The standard InChI is InChI=1S/C23H42O3Si/c1-5-20-16-17-22(26-27(6-2,7-3)8-4)21(20)14-10-9-12-18-24-23-15-11-13-19-25-23/h5,9-10,20-23H,1,6-8,11-19H2,2-4H3/b10-9-/t20-,21-,22+,23?/m0/s1. The highest BCUT2D eigenvalue weighted by Gasteiger charge is 2.40. The third kappa shape index (κ3) is 6.84. The molecular formula is C23H42O3Si. The van der Waals surface area contributed by atoms with Crippen molar-refractivity contribution in [3.05, 3.63) is 24.8 Å². The van der Waals surface area contributed by atoms with Crippen molar-refractivity contribution in [3.63, 3.8) is 0 Å². The Morgan fingerprint density at radius 2 is 1.81 bits per heavy atom. The first-order valence-electron chi connectivity index (χ1n) is 11.4. The van der Waals surface area contributed by atoms with E-state index < -0.39 is 8.32 Å². The Hall–Kier alpha value is -0.423. The van der Waals surface area contributed by atoms with Gasteiger partial charge in [-0.05, 0) is 74.9 Å². The number of rotatable bonds is 12. The van der Waals surface area contributed by atoms with Crippen LogP contribution in [0.3, 0.4) is 0 Å². The molecule has 2 rings (SSSR count). The van der Waals surface area contributed by atoms with E-state index in [2.05, 4.69) is 45.6 Å². The zero-order chi connectivity index (χ0) is 19.5. The van der Waals surface area contributed by atoms with Gasteiger partial charge in [-0.2, -0.15) is 0 Å². The van der Waals surface area contributed by atoms with Gasteiger partial charge in [0.05, 0.1) is 6.61 Å². The summed E-state index contributed by atoms with van der Waals surface area (Å²) in [4.78, 5) is 0. The Morgan fingerprint density at radius 3 is 2.44 bits per heavy atom. The zero-order valence-corrected chi connectivity index (χ0v) is 19.0. The van der Waals surface area contributed by atoms with E-state index in [0.717, 1.165) is 32.5 Å². The van der Waals surface area contributed by atoms with Crippen LogP contribution < -0.4 is 0 Å². The fourth-order valence-corrected chi connectivity index (χ4v) is 7.56. The Bertz CT molecular complexity index is 433. The molecule has 0 radical (unpaired) electrons. The molecule has 27 heavy (non-hydrogen) atoms. The molecule has 1 unspecified atom stereocenters. The molecular weight excluding hydrogens is 352 g/mol. The SMILES string of the molecule is C=C[C@H]1CC[C@@H](O[Si](CC)(CC)CC)[C@H]1C/C=C\CCOC1CCCCO1. The summed E-state index contributed by atoms with van der Waals surface area (Å²) in [6.45, 7) is 12.7. The molecule has 0 amide bonds. The first-order chi connectivity index (χ1) is 13.2. The summed E-state index contributed by atoms with van der Waals surface area (Å²) in [5.74, 6) is 1.20. The van der Waals surface area contributed by atoms with Crippen molar-refractivity contribution in [2.24, 2.45) is 11.8 Å². The molecule has 0 bridgehead atoms. The van der Waals surface area contributed by atoms with E-state index >= 15 is 0 Å². The van der Waals surface area contributed by atoms with Crippen LogP contribution in [0.4, 0.5) is 0 Å². The van der Waals surface area contributed by atoms with Gasteiger partial charge in [-0.25, -0.2) is 0 Å². The van der Waals surface area contributed by atoms with Gasteiger partial charge in [0, 0.05) is 12.7 Å². The molecule has 1 aliphatic carbocycles. The maximum atomic E-state index is 6.86. The van der Waals surface area contributed by atoms with Crippen LogP contribution in [0.2, 0.25) is 18.1 Å². The van der Waals surface area contributed by atoms with Crippen LogP contribution in [-0.2, 0) is 13.9 Å². The fraction of sp³-hybridized carbons (Fsp3) is 0.826. The first-order valence-corrected chi connectivity index (χ1v) is 13.9. The van der Waals surface area contributed by atoms with Crippen molar-refractivity contribution < 1.29 is 13.9 Å². The highest BCUT2D eigenvalue weighted by Crippen LogP contribution is 2.40. The fourth-order valence-electron chi connectivity index (χ4n) is 4.63. The average Bonchev–Trinajstić information content (AvgIpc) is 3.11. The van der Waals surface area contributed by atoms with Crippen molar-refractivity contribution in [3.8, 4) is 0 Å². The van der Waals surface area contributed by atoms with Gasteiger partial charge in [0.15, 0.2) is 14.6 Å². The Balaban J connectivity index is 1.78. The average molecular weight is 395 g/mol. The molecule has 0 N–H and O–H groups in total. The van der Waals surface area contributed by atoms with E-state index in [1.165, 1.54) is 43.8 Å². The molecule has 2 aliphatic rings. The van der Waals surface area contributed by atoms with E-state index in [4.69, 9.17) is 13.9 Å². The molecule has 0 aromatic carbocycles. The highest BCUT2D eigenvalue weighted by molar-refractivity contribution is 6.73. The quantitative estimate of drug-likeness (QED) is 0.216. The lowest BCUT2D eigenvalue weighted by molar-refractivity contribution is -0.161. The van der Waals surface area contributed by atoms with Gasteiger partial charge in [-0.1, -0.05) is 39.0 Å². The predicted octanol–water partition coefficient (Wildman–Crippen LogP) is 6.47. The van der Waals surface area contributed by atoms with Crippen molar-refractivity contribution >= 4 is 8.32 Å². The number of allylic oxidation sites excluding steroid dienone is 2. The lowest BCUT2D eigenvalue weighted by Crippen LogP contribution is -2.41. The second-order valence-corrected chi connectivity index (χ2v) is 12.9. The van der Waals surface area contributed by atoms with Gasteiger partial charge < -0.3 is 13.9 Å². The molecule has 3 nitrogen and oxygen atoms in total. The van der Waals surface area contributed by atoms with Gasteiger partial charge in [0.25, 0.3) is 0 Å². The smallest absolute Gasteiger partial charge is 0.192 e. The van der Waals surface area contributed by atoms with Crippen molar-refractivity contribution in [2.45, 2.75) is 96.2 Å². The van der Waals surface area contributed by atoms with E-state index in [1.807, 2.05) is 0 Å². The van der Waals surface area contributed by atoms with Gasteiger partial charge >= 0.3 is 0 Å². The maximum absolute atomic E-state index is 6.86. The first kappa shape index (κ1) is 22.9. The van der Waals surface area contributed by atoms with Crippen LogP contribution in [0.15, 0.2) is 24.8 Å². The van der Waals surface area contributed by atoms with Crippen LogP contribution >= 0.6 is 0 Å². The molecule has 1 saturated carbocycles. The largest absolute Gasteiger partial charge is 0.414 e. The van der Waals surface area contributed by atoms with Crippen molar-refractivity contribution in [1.82, 2.24) is 0 Å². The summed E-state index contributed by atoms with van der Waals surface area (Å²) in [5, 5.41) is 0. The molecule has 156 valence electrons. The minimum Gasteiger partial charge on any atom is -0.414 e. The van der Waals surface area contributed by atoms with Gasteiger partial charge in [0.1, 0.15) is 0 Å². The molecule has 4 atom stereocenters. The Labute approximate surface area is 168 Å². The highest BCUT2D eigenvalue weighted by atomic mass is 28.4. The van der Waals surface area contributed by atoms with Crippen LogP contribution in [0.5, 0.6) is 0 Å². The zero-order valence-electron chi connectivity index (χ0n) is 18.0. The van der Waals surface area contributed by atoms with E-state index in [9.17, 15) is 0 Å². The third-order valence-electron chi connectivity index (χ3n) is 6.75. The van der Waals surface area contributed by atoms with Crippen molar-refractivity contribution in [2.75, 3.05) is 13.2 Å². The number of ether oxygens (including phenoxy) is 2. The van der Waals surface area contributed by atoms with Crippen LogP contribution in [0.1, 0.15) is 65.7 Å². The van der Waals surface area contributed by atoms with Crippen LogP contribution in [-0.4, -0.2) is 33.9 Å². The summed E-state index contributed by atoms with van der Waals surface area (Å²) in [6.07, 6.45) is 15.2. The summed E-state index contributed by atoms with van der Waals surface area (Å²) in [7, 11) is -1.54. The summed E-state index contributed by atoms with van der Waals surface area (Å²) in [6, 6.07) is 3.70. The molecule has 0 aromatic rings. The molecule has 1 heterocycles. The minimum atomic E-state index is -1.54. The molecule has 1 aliphatic heterocycles. The van der Waals surface area contributed by atoms with Gasteiger partial charge in [0.2, 0.25) is 0 Å². The van der Waals surface area contributed by atoms with Crippen LogP contribution in [0.25, 0.3) is 0 Å². The summed E-state index contributed by atoms with van der Waals surface area (Å²) >= 11 is 0. The second kappa shape index (κ2) is 12.2. The number of hydrogen-bond donors (Lipinski definition) is 0. The summed E-state index contributed by atoms with van der Waals surface area (Å²) in [5.41, 5.74) is 0. The monoisotopic (exact) mass is 394 g/mol. The topological polar surface area (TPSA) is 27.7 Å². The second-order valence-electron chi connectivity index (χ2n) is 8.20. The molecule has 2 fully saturated rings. The molecule has 4 heteroatoms. The Morgan fingerprint density at radius 1 is 1.04 bits per heavy atom. The van der Waals surface area contributed by atoms with Crippen LogP contribution in [0, 0.1) is 11.8 Å². The van der Waals surface area contributed by atoms with E-state index in [1.54, 1.807) is 0 Å². The summed E-state index contributed by atoms with van der Waals surface area (Å²) < 4.78 is 18.3. The molecule has 0 spiro atoms. The normalized spacial score (nSPS) is 29.4. The predicted molar refractivity (Wildman–Crippen MR) is 116 cm³/mol. The van der Waals surface area contributed by atoms with Gasteiger partial charge in [-0.15, -0.1) is 6.58 Å². The van der Waals surface area contributed by atoms with E-state index in [-0.39, 0.29) is 6.29 Å². The molecule has 1 saturated heterocycles. The van der Waals surface area contributed by atoms with Gasteiger partial charge in [-0.3, -0.25) is 0 Å². The third-order valence-corrected chi connectivity index (χ3v) is 11.4. The Kier molecular flexibility index (Phi) is 10.3.